The van der Waals surface area contributed by atoms with E-state index < -0.39 is 12.2 Å². The van der Waals surface area contributed by atoms with Crippen molar-refractivity contribution in [3.05, 3.63) is 59.7 Å². The lowest BCUT2D eigenvalue weighted by Crippen LogP contribution is -2.24. The second kappa shape index (κ2) is 14.4. The van der Waals surface area contributed by atoms with Crippen molar-refractivity contribution in [2.24, 2.45) is 0 Å². The molecule has 0 radical (unpaired) electrons. The van der Waals surface area contributed by atoms with Crippen LogP contribution < -0.4 is 9.47 Å². The van der Waals surface area contributed by atoms with Crippen LogP contribution in [0.2, 0.25) is 0 Å². The van der Waals surface area contributed by atoms with Crippen molar-refractivity contribution in [1.29, 1.82) is 0 Å². The predicted octanol–water partition coefficient (Wildman–Crippen LogP) is 4.52. The number of unbranched alkanes of at least 4 members (excludes halogenated alkanes) is 1. The zero-order valence-corrected chi connectivity index (χ0v) is 20.6. The highest BCUT2D eigenvalue weighted by Gasteiger charge is 2.23. The first-order chi connectivity index (χ1) is 15.9. The van der Waals surface area contributed by atoms with Crippen molar-refractivity contribution in [1.82, 2.24) is 0 Å². The quantitative estimate of drug-likeness (QED) is 0.272. The minimum absolute atomic E-state index is 0.0456. The average molecular weight is 481 g/mol. The summed E-state index contributed by atoms with van der Waals surface area (Å²) in [5.74, 6) is 1.39. The zero-order valence-electron chi connectivity index (χ0n) is 19.8. The molecular weight excluding hydrogens is 444 g/mol. The summed E-state index contributed by atoms with van der Waals surface area (Å²) in [6.45, 7) is 7.84. The van der Waals surface area contributed by atoms with Crippen LogP contribution in [0.25, 0.3) is 0 Å². The Hall–Kier alpha value is -1.83. The number of aliphatic hydroxyl groups is 2. The number of alkyl halides is 1. The molecule has 184 valence electrons. The summed E-state index contributed by atoms with van der Waals surface area (Å²) in [4.78, 5) is 0. The molecule has 7 heteroatoms. The highest BCUT2D eigenvalue weighted by atomic mass is 35.5. The number of hydrogen-bond donors (Lipinski definition) is 2. The molecule has 0 fully saturated rings. The summed E-state index contributed by atoms with van der Waals surface area (Å²) in [6, 6.07) is 15.8. The van der Waals surface area contributed by atoms with Gasteiger partial charge >= 0.3 is 0 Å². The van der Waals surface area contributed by atoms with Gasteiger partial charge in [0.2, 0.25) is 0 Å². The van der Waals surface area contributed by atoms with E-state index in [2.05, 4.69) is 20.8 Å². The van der Waals surface area contributed by atoms with E-state index in [1.807, 2.05) is 48.5 Å². The zero-order chi connectivity index (χ0) is 24.1. The van der Waals surface area contributed by atoms with Crippen molar-refractivity contribution in [3.63, 3.8) is 0 Å². The van der Waals surface area contributed by atoms with E-state index in [0.29, 0.717) is 18.1 Å². The lowest BCUT2D eigenvalue weighted by molar-refractivity contribution is 0.0113. The van der Waals surface area contributed by atoms with Gasteiger partial charge < -0.3 is 29.2 Å². The molecule has 2 aromatic rings. The van der Waals surface area contributed by atoms with Gasteiger partial charge in [-0.15, -0.1) is 0 Å². The minimum Gasteiger partial charge on any atom is -0.491 e. The summed E-state index contributed by atoms with van der Waals surface area (Å²) in [6.07, 6.45) is 0.694. The van der Waals surface area contributed by atoms with Gasteiger partial charge in [-0.05, 0) is 41.8 Å². The van der Waals surface area contributed by atoms with Crippen molar-refractivity contribution in [2.45, 2.75) is 51.2 Å². The molecule has 0 aliphatic heterocycles. The van der Waals surface area contributed by atoms with Crippen LogP contribution in [-0.4, -0.2) is 61.5 Å². The Labute approximate surface area is 202 Å². The van der Waals surface area contributed by atoms with Gasteiger partial charge in [0.15, 0.2) is 0 Å². The Kier molecular flexibility index (Phi) is 12.0. The number of hydrogen-bond acceptors (Lipinski definition) is 6. The van der Waals surface area contributed by atoms with E-state index in [4.69, 9.17) is 30.5 Å². The molecule has 2 N–H and O–H groups in total. The van der Waals surface area contributed by atoms with Gasteiger partial charge in [-0.2, -0.15) is 0 Å². The standard InChI is InChI=1S/C26H37ClO6/c1-4-5-14-30-15-22(28)17-32-24-10-6-20(7-11-24)26(2,3)21-8-12-25(13-9-21)33-18-23(29)16-31-19-27/h6-13,22-23,28-29H,4-5,14-19H2,1-3H3/t22-,23-/m1/s1. The molecule has 33 heavy (non-hydrogen) atoms. The number of aliphatic hydroxyl groups excluding tert-OH is 2. The Morgan fingerprint density at radius 1 is 0.758 bits per heavy atom. The van der Waals surface area contributed by atoms with Gasteiger partial charge in [0.05, 0.1) is 13.2 Å². The maximum Gasteiger partial charge on any atom is 0.120 e. The molecule has 0 saturated heterocycles. The fourth-order valence-electron chi connectivity index (χ4n) is 3.23. The van der Waals surface area contributed by atoms with Crippen LogP contribution >= 0.6 is 11.6 Å². The smallest absolute Gasteiger partial charge is 0.120 e. The van der Waals surface area contributed by atoms with Crippen molar-refractivity contribution >= 4 is 11.6 Å². The topological polar surface area (TPSA) is 77.4 Å². The first-order valence-corrected chi connectivity index (χ1v) is 11.9. The second-order valence-corrected chi connectivity index (χ2v) is 8.73. The Morgan fingerprint density at radius 3 is 1.64 bits per heavy atom. The van der Waals surface area contributed by atoms with Gasteiger partial charge in [-0.3, -0.25) is 0 Å². The van der Waals surface area contributed by atoms with E-state index in [9.17, 15) is 10.2 Å². The maximum absolute atomic E-state index is 9.99. The minimum atomic E-state index is -0.727. The second-order valence-electron chi connectivity index (χ2n) is 8.51. The molecule has 0 saturated carbocycles. The molecule has 0 aromatic heterocycles. The van der Waals surface area contributed by atoms with Gasteiger partial charge in [0, 0.05) is 12.0 Å². The Bertz CT molecular complexity index is 778. The average Bonchev–Trinajstić information content (AvgIpc) is 2.83. The van der Waals surface area contributed by atoms with Crippen LogP contribution in [-0.2, 0) is 14.9 Å². The normalized spacial score (nSPS) is 13.5. The lowest BCUT2D eigenvalue weighted by Gasteiger charge is -2.26. The van der Waals surface area contributed by atoms with Crippen LogP contribution in [0.4, 0.5) is 0 Å². The van der Waals surface area contributed by atoms with Gasteiger partial charge in [0.1, 0.15) is 43.0 Å². The third-order valence-corrected chi connectivity index (χ3v) is 5.53. The Balaban J connectivity index is 1.87. The van der Waals surface area contributed by atoms with Crippen molar-refractivity contribution in [2.75, 3.05) is 39.1 Å². The molecule has 0 aliphatic carbocycles. The number of ether oxygens (including phenoxy) is 4. The van der Waals surface area contributed by atoms with E-state index in [1.165, 1.54) is 0 Å². The fourth-order valence-corrected chi connectivity index (χ4v) is 3.32. The molecule has 6 nitrogen and oxygen atoms in total. The molecular formula is C26H37ClO6. The molecule has 0 amide bonds. The number of rotatable bonds is 16. The third kappa shape index (κ3) is 9.51. The van der Waals surface area contributed by atoms with Crippen LogP contribution in [0, 0.1) is 0 Å². The molecule has 0 unspecified atom stereocenters. The molecule has 0 spiro atoms. The number of benzene rings is 2. The summed E-state index contributed by atoms with van der Waals surface area (Å²) in [7, 11) is 0. The third-order valence-electron chi connectivity index (χ3n) is 5.38. The van der Waals surface area contributed by atoms with E-state index in [0.717, 1.165) is 24.0 Å². The highest BCUT2D eigenvalue weighted by Crippen LogP contribution is 2.33. The fraction of sp³-hybridized carbons (Fsp3) is 0.538. The molecule has 0 bridgehead atoms. The monoisotopic (exact) mass is 480 g/mol. The van der Waals surface area contributed by atoms with Crippen molar-refractivity contribution in [3.8, 4) is 11.5 Å². The number of halogens is 1. The molecule has 0 aliphatic rings. The van der Waals surface area contributed by atoms with Gasteiger partial charge in [0.25, 0.3) is 0 Å². The van der Waals surface area contributed by atoms with Crippen LogP contribution in [0.3, 0.4) is 0 Å². The largest absolute Gasteiger partial charge is 0.491 e. The lowest BCUT2D eigenvalue weighted by atomic mass is 9.78. The summed E-state index contributed by atoms with van der Waals surface area (Å²) in [5.41, 5.74) is 2.05. The maximum atomic E-state index is 9.99. The first kappa shape index (κ1) is 27.4. The first-order valence-electron chi connectivity index (χ1n) is 11.4. The molecule has 2 aromatic carbocycles. The van der Waals surface area contributed by atoms with Crippen molar-refractivity contribution < 1.29 is 29.2 Å². The van der Waals surface area contributed by atoms with E-state index >= 15 is 0 Å². The summed E-state index contributed by atoms with van der Waals surface area (Å²) >= 11 is 5.44. The van der Waals surface area contributed by atoms with Crippen LogP contribution in [0.1, 0.15) is 44.7 Å². The Morgan fingerprint density at radius 2 is 1.21 bits per heavy atom. The van der Waals surface area contributed by atoms with E-state index in [-0.39, 0.29) is 37.9 Å². The summed E-state index contributed by atoms with van der Waals surface area (Å²) < 4.78 is 21.7. The van der Waals surface area contributed by atoms with E-state index in [1.54, 1.807) is 0 Å². The molecule has 0 heterocycles. The molecule has 2 atom stereocenters. The van der Waals surface area contributed by atoms with Gasteiger partial charge in [-0.1, -0.05) is 63.1 Å². The SMILES string of the molecule is CCCCOC[C@@H](O)COc1ccc(C(C)(C)c2ccc(OC[C@H](O)COCCl)cc2)cc1. The van der Waals surface area contributed by atoms with Crippen LogP contribution in [0.15, 0.2) is 48.5 Å². The predicted molar refractivity (Wildman–Crippen MR) is 130 cm³/mol. The summed E-state index contributed by atoms with van der Waals surface area (Å²) in [5, 5.41) is 19.8. The van der Waals surface area contributed by atoms with Gasteiger partial charge in [-0.25, -0.2) is 0 Å². The van der Waals surface area contributed by atoms with Crippen LogP contribution in [0.5, 0.6) is 11.5 Å². The highest BCUT2D eigenvalue weighted by molar-refractivity contribution is 6.17. The molecule has 2 rings (SSSR count).